The van der Waals surface area contributed by atoms with Crippen LogP contribution in [0.25, 0.3) is 10.6 Å². The lowest BCUT2D eigenvalue weighted by atomic mass is 10.1. The number of rotatable bonds is 6. The van der Waals surface area contributed by atoms with Gasteiger partial charge in [-0.3, -0.25) is 4.79 Å². The van der Waals surface area contributed by atoms with Crippen molar-refractivity contribution in [2.45, 2.75) is 26.3 Å². The van der Waals surface area contributed by atoms with Gasteiger partial charge in [0.2, 0.25) is 5.91 Å². The van der Waals surface area contributed by atoms with Crippen molar-refractivity contribution < 1.29 is 4.79 Å². The SMILES string of the molecule is CCc1ccc(-c2nc(CC(=O)N(C)Cc3cc(Br)cs3)cs2)cc1. The van der Waals surface area contributed by atoms with Crippen LogP contribution in [0, 0.1) is 0 Å². The summed E-state index contributed by atoms with van der Waals surface area (Å²) in [4.78, 5) is 20.0. The molecule has 0 bridgehead atoms. The molecule has 0 aliphatic carbocycles. The van der Waals surface area contributed by atoms with E-state index in [1.165, 1.54) is 5.56 Å². The Labute approximate surface area is 164 Å². The lowest BCUT2D eigenvalue weighted by Gasteiger charge is -2.15. The van der Waals surface area contributed by atoms with Crippen molar-refractivity contribution in [2.75, 3.05) is 7.05 Å². The number of carbonyl (C=O) groups excluding carboxylic acids is 1. The molecular weight excluding hydrogens is 416 g/mol. The number of thiophene rings is 1. The Morgan fingerprint density at radius 3 is 2.60 bits per heavy atom. The van der Waals surface area contributed by atoms with Gasteiger partial charge in [0.05, 0.1) is 18.7 Å². The van der Waals surface area contributed by atoms with Crippen molar-refractivity contribution in [3.8, 4) is 10.6 Å². The molecule has 25 heavy (non-hydrogen) atoms. The van der Waals surface area contributed by atoms with Gasteiger partial charge in [-0.1, -0.05) is 31.2 Å². The molecule has 2 heterocycles. The molecule has 2 aromatic heterocycles. The van der Waals surface area contributed by atoms with E-state index >= 15 is 0 Å². The zero-order chi connectivity index (χ0) is 17.8. The number of aromatic nitrogens is 1. The second-order valence-corrected chi connectivity index (χ2v) is 8.62. The van der Waals surface area contributed by atoms with E-state index in [0.717, 1.165) is 32.0 Å². The highest BCUT2D eigenvalue weighted by Crippen LogP contribution is 2.25. The van der Waals surface area contributed by atoms with Crippen LogP contribution in [0.3, 0.4) is 0 Å². The Hall–Kier alpha value is -1.50. The third kappa shape index (κ3) is 4.77. The molecule has 0 atom stereocenters. The van der Waals surface area contributed by atoms with Gasteiger partial charge in [-0.05, 0) is 34.0 Å². The van der Waals surface area contributed by atoms with E-state index in [-0.39, 0.29) is 5.91 Å². The summed E-state index contributed by atoms with van der Waals surface area (Å²) >= 11 is 6.69. The molecular formula is C19H19BrN2OS2. The number of amides is 1. The summed E-state index contributed by atoms with van der Waals surface area (Å²) in [6.07, 6.45) is 1.37. The van der Waals surface area contributed by atoms with Crippen molar-refractivity contribution in [1.29, 1.82) is 0 Å². The molecule has 130 valence electrons. The molecule has 3 nitrogen and oxygen atoms in total. The Balaban J connectivity index is 1.62. The minimum Gasteiger partial charge on any atom is -0.340 e. The smallest absolute Gasteiger partial charge is 0.228 e. The Morgan fingerprint density at radius 1 is 1.20 bits per heavy atom. The molecule has 0 fully saturated rings. The number of hydrogen-bond donors (Lipinski definition) is 0. The monoisotopic (exact) mass is 434 g/mol. The summed E-state index contributed by atoms with van der Waals surface area (Å²) in [5.74, 6) is 0.0858. The number of halogens is 1. The maximum absolute atomic E-state index is 12.4. The van der Waals surface area contributed by atoms with Gasteiger partial charge in [0.25, 0.3) is 0 Å². The molecule has 0 N–H and O–H groups in total. The first-order valence-corrected chi connectivity index (χ1v) is 10.6. The molecule has 0 aliphatic heterocycles. The summed E-state index contributed by atoms with van der Waals surface area (Å²) in [6, 6.07) is 10.5. The largest absolute Gasteiger partial charge is 0.340 e. The maximum atomic E-state index is 12.4. The number of hydrogen-bond acceptors (Lipinski definition) is 4. The summed E-state index contributed by atoms with van der Waals surface area (Å²) in [5.41, 5.74) is 3.26. The maximum Gasteiger partial charge on any atom is 0.228 e. The van der Waals surface area contributed by atoms with Gasteiger partial charge < -0.3 is 4.90 Å². The molecule has 1 amide bonds. The molecule has 0 aliphatic rings. The topological polar surface area (TPSA) is 33.2 Å². The van der Waals surface area contributed by atoms with Gasteiger partial charge in [0.1, 0.15) is 5.01 Å². The first kappa shape index (κ1) is 18.3. The van der Waals surface area contributed by atoms with Gasteiger partial charge in [0.15, 0.2) is 0 Å². The van der Waals surface area contributed by atoms with Crippen LogP contribution in [-0.2, 0) is 24.2 Å². The van der Waals surface area contributed by atoms with E-state index < -0.39 is 0 Å². The molecule has 6 heteroatoms. The fraction of sp³-hybridized carbons (Fsp3) is 0.263. The summed E-state index contributed by atoms with van der Waals surface area (Å²) in [7, 11) is 1.84. The fourth-order valence-corrected chi connectivity index (χ4v) is 4.78. The standard InChI is InChI=1S/C19H19BrN2OS2/c1-3-13-4-6-14(7-5-13)19-21-16(12-25-19)9-18(23)22(2)10-17-8-15(20)11-24-17/h4-8,11-12H,3,9-10H2,1-2H3. The van der Waals surface area contributed by atoms with E-state index in [1.807, 2.05) is 17.8 Å². The average Bonchev–Trinajstić information content (AvgIpc) is 3.24. The van der Waals surface area contributed by atoms with Crippen LogP contribution >= 0.6 is 38.6 Å². The molecule has 0 saturated carbocycles. The first-order valence-electron chi connectivity index (χ1n) is 8.05. The lowest BCUT2D eigenvalue weighted by Crippen LogP contribution is -2.27. The van der Waals surface area contributed by atoms with Crippen LogP contribution in [0.4, 0.5) is 0 Å². The lowest BCUT2D eigenvalue weighted by molar-refractivity contribution is -0.129. The summed E-state index contributed by atoms with van der Waals surface area (Å²) in [6.45, 7) is 2.78. The van der Waals surface area contributed by atoms with Crippen LogP contribution in [0.2, 0.25) is 0 Å². The second-order valence-electron chi connectivity index (χ2n) is 5.85. The van der Waals surface area contributed by atoms with Crippen molar-refractivity contribution >= 4 is 44.5 Å². The van der Waals surface area contributed by atoms with E-state index in [4.69, 9.17) is 0 Å². The van der Waals surface area contributed by atoms with Gasteiger partial charge in [0, 0.05) is 32.7 Å². The van der Waals surface area contributed by atoms with Gasteiger partial charge in [-0.15, -0.1) is 22.7 Å². The number of nitrogens with zero attached hydrogens (tertiary/aromatic N) is 2. The highest BCUT2D eigenvalue weighted by Gasteiger charge is 2.14. The molecule has 0 spiro atoms. The number of likely N-dealkylation sites (N-methyl/N-ethyl adjacent to an activating group) is 1. The number of benzene rings is 1. The highest BCUT2D eigenvalue weighted by molar-refractivity contribution is 9.10. The minimum atomic E-state index is 0.0858. The predicted molar refractivity (Wildman–Crippen MR) is 109 cm³/mol. The van der Waals surface area contributed by atoms with Crippen LogP contribution in [0.15, 0.2) is 45.6 Å². The molecule has 0 radical (unpaired) electrons. The van der Waals surface area contributed by atoms with E-state index in [0.29, 0.717) is 13.0 Å². The van der Waals surface area contributed by atoms with Crippen molar-refractivity contribution in [1.82, 2.24) is 9.88 Å². The number of aryl methyl sites for hydroxylation is 1. The first-order chi connectivity index (χ1) is 12.0. The normalized spacial score (nSPS) is 10.8. The van der Waals surface area contributed by atoms with Crippen molar-refractivity contribution in [3.63, 3.8) is 0 Å². The Morgan fingerprint density at radius 2 is 1.96 bits per heavy atom. The number of carbonyl (C=O) groups is 1. The van der Waals surface area contributed by atoms with Crippen LogP contribution in [0.1, 0.15) is 23.1 Å². The predicted octanol–water partition coefficient (Wildman–Crippen LogP) is 5.40. The van der Waals surface area contributed by atoms with Crippen molar-refractivity contribution in [2.24, 2.45) is 0 Å². The zero-order valence-corrected chi connectivity index (χ0v) is 17.4. The second kappa shape index (κ2) is 8.25. The van der Waals surface area contributed by atoms with E-state index in [1.54, 1.807) is 27.6 Å². The Kier molecular flexibility index (Phi) is 6.04. The fourth-order valence-electron chi connectivity index (χ4n) is 2.45. The van der Waals surface area contributed by atoms with Gasteiger partial charge in [-0.2, -0.15) is 0 Å². The van der Waals surface area contributed by atoms with Gasteiger partial charge in [-0.25, -0.2) is 4.98 Å². The third-order valence-electron chi connectivity index (χ3n) is 3.93. The van der Waals surface area contributed by atoms with E-state index in [2.05, 4.69) is 58.2 Å². The van der Waals surface area contributed by atoms with Gasteiger partial charge >= 0.3 is 0 Å². The molecule has 0 unspecified atom stereocenters. The highest BCUT2D eigenvalue weighted by atomic mass is 79.9. The third-order valence-corrected chi connectivity index (χ3v) is 6.56. The summed E-state index contributed by atoms with van der Waals surface area (Å²) < 4.78 is 1.06. The number of thiazole rings is 1. The minimum absolute atomic E-state index is 0.0858. The van der Waals surface area contributed by atoms with Crippen LogP contribution < -0.4 is 0 Å². The van der Waals surface area contributed by atoms with Crippen molar-refractivity contribution in [3.05, 3.63) is 61.7 Å². The molecule has 3 aromatic rings. The summed E-state index contributed by atoms with van der Waals surface area (Å²) in [5, 5.41) is 4.98. The average molecular weight is 435 g/mol. The van der Waals surface area contributed by atoms with Crippen LogP contribution in [0.5, 0.6) is 0 Å². The molecule has 3 rings (SSSR count). The quantitative estimate of drug-likeness (QED) is 0.520. The van der Waals surface area contributed by atoms with E-state index in [9.17, 15) is 4.79 Å². The Bertz CT molecular complexity index is 854. The zero-order valence-electron chi connectivity index (χ0n) is 14.2. The van der Waals surface area contributed by atoms with Crippen LogP contribution in [-0.4, -0.2) is 22.8 Å². The molecule has 1 aromatic carbocycles. The molecule has 0 saturated heterocycles.